The van der Waals surface area contributed by atoms with Crippen LogP contribution in [0.4, 0.5) is 4.79 Å². The number of halogens is 1. The highest BCUT2D eigenvalue weighted by Crippen LogP contribution is 2.35. The Labute approximate surface area is 146 Å². The third-order valence-corrected chi connectivity index (χ3v) is 5.04. The van der Waals surface area contributed by atoms with Crippen molar-refractivity contribution in [1.82, 2.24) is 20.4 Å². The summed E-state index contributed by atoms with van der Waals surface area (Å²) in [6.45, 7) is -0.00653. The number of benzene rings is 1. The van der Waals surface area contributed by atoms with Gasteiger partial charge in [-0.1, -0.05) is 46.1 Å². The van der Waals surface area contributed by atoms with Crippen LogP contribution in [0.1, 0.15) is 31.6 Å². The molecule has 1 aromatic heterocycles. The van der Waals surface area contributed by atoms with Crippen molar-refractivity contribution in [2.75, 3.05) is 0 Å². The molecule has 1 saturated carbocycles. The summed E-state index contributed by atoms with van der Waals surface area (Å²) in [4.78, 5) is 30.2. The molecule has 24 heavy (non-hydrogen) atoms. The van der Waals surface area contributed by atoms with Crippen molar-refractivity contribution in [3.8, 4) is 11.4 Å². The van der Waals surface area contributed by atoms with Gasteiger partial charge in [-0.05, 0) is 25.0 Å². The molecular weight excluding hydrogens is 376 g/mol. The smallest absolute Gasteiger partial charge is 0.325 e. The van der Waals surface area contributed by atoms with Crippen LogP contribution in [0.2, 0.25) is 0 Å². The molecule has 0 radical (unpaired) electrons. The molecule has 1 aliphatic carbocycles. The maximum atomic E-state index is 12.6. The summed E-state index contributed by atoms with van der Waals surface area (Å²) in [5, 5.41) is 6.77. The number of nitrogens with one attached hydrogen (secondary N) is 1. The number of urea groups is 1. The van der Waals surface area contributed by atoms with Crippen LogP contribution >= 0.6 is 15.9 Å². The zero-order chi connectivity index (χ0) is 16.7. The Morgan fingerprint density at radius 1 is 1.29 bits per heavy atom. The standard InChI is InChI=1S/C16H15BrN4O3/c17-11-5-3-4-10(8-11)13-18-12(24-20-13)9-21-14(22)16(19-15(21)23)6-1-2-7-16/h3-5,8H,1-2,6-7,9H2,(H,19,23). The molecule has 2 aliphatic rings. The first-order valence-electron chi connectivity index (χ1n) is 7.80. The van der Waals surface area contributed by atoms with E-state index in [0.29, 0.717) is 18.7 Å². The first-order chi connectivity index (χ1) is 11.6. The topological polar surface area (TPSA) is 88.3 Å². The van der Waals surface area contributed by atoms with E-state index in [-0.39, 0.29) is 24.4 Å². The number of carbonyl (C=O) groups is 2. The van der Waals surface area contributed by atoms with Crippen molar-refractivity contribution in [1.29, 1.82) is 0 Å². The second kappa shape index (κ2) is 5.70. The molecule has 2 fully saturated rings. The molecule has 3 amide bonds. The van der Waals surface area contributed by atoms with Gasteiger partial charge in [-0.3, -0.25) is 9.69 Å². The second-order valence-corrected chi connectivity index (χ2v) is 7.05. The number of aromatic nitrogens is 2. The molecule has 2 heterocycles. The summed E-state index contributed by atoms with van der Waals surface area (Å²) in [6, 6.07) is 7.12. The predicted molar refractivity (Wildman–Crippen MR) is 87.7 cm³/mol. The Kier molecular flexibility index (Phi) is 3.64. The number of hydrogen-bond donors (Lipinski definition) is 1. The van der Waals surface area contributed by atoms with Gasteiger partial charge in [0.15, 0.2) is 0 Å². The van der Waals surface area contributed by atoms with Crippen LogP contribution in [0, 0.1) is 0 Å². The highest BCUT2D eigenvalue weighted by atomic mass is 79.9. The van der Waals surface area contributed by atoms with Crippen LogP contribution in [-0.2, 0) is 11.3 Å². The van der Waals surface area contributed by atoms with Gasteiger partial charge < -0.3 is 9.84 Å². The lowest BCUT2D eigenvalue weighted by molar-refractivity contribution is -0.131. The Hall–Kier alpha value is -2.22. The highest BCUT2D eigenvalue weighted by Gasteiger charge is 2.52. The summed E-state index contributed by atoms with van der Waals surface area (Å²) >= 11 is 3.40. The van der Waals surface area contributed by atoms with E-state index >= 15 is 0 Å². The summed E-state index contributed by atoms with van der Waals surface area (Å²) < 4.78 is 6.12. The van der Waals surface area contributed by atoms with Crippen molar-refractivity contribution in [3.63, 3.8) is 0 Å². The Bertz CT molecular complexity index is 813. The molecule has 1 spiro atoms. The lowest BCUT2D eigenvalue weighted by Crippen LogP contribution is -2.44. The fourth-order valence-electron chi connectivity index (χ4n) is 3.34. The number of nitrogens with zero attached hydrogens (tertiary/aromatic N) is 3. The minimum atomic E-state index is -0.718. The molecule has 1 N–H and O–H groups in total. The van der Waals surface area contributed by atoms with Crippen LogP contribution in [-0.4, -0.2) is 32.5 Å². The first-order valence-corrected chi connectivity index (χ1v) is 8.59. The molecule has 1 saturated heterocycles. The minimum absolute atomic E-state index is 0.00653. The molecule has 1 aromatic carbocycles. The van der Waals surface area contributed by atoms with Crippen LogP contribution in [0.3, 0.4) is 0 Å². The maximum absolute atomic E-state index is 12.6. The number of rotatable bonds is 3. The summed E-state index contributed by atoms with van der Waals surface area (Å²) in [7, 11) is 0. The Morgan fingerprint density at radius 2 is 2.08 bits per heavy atom. The normalized spacial score (nSPS) is 19.3. The van der Waals surface area contributed by atoms with Gasteiger partial charge in [-0.25, -0.2) is 4.79 Å². The Morgan fingerprint density at radius 3 is 2.83 bits per heavy atom. The van der Waals surface area contributed by atoms with Gasteiger partial charge in [0.25, 0.3) is 5.91 Å². The molecule has 0 bridgehead atoms. The molecule has 2 aromatic rings. The molecule has 8 heteroatoms. The van der Waals surface area contributed by atoms with Gasteiger partial charge in [-0.15, -0.1) is 0 Å². The average molecular weight is 391 g/mol. The number of amides is 3. The molecule has 7 nitrogen and oxygen atoms in total. The van der Waals surface area contributed by atoms with Crippen LogP contribution in [0.15, 0.2) is 33.3 Å². The summed E-state index contributed by atoms with van der Waals surface area (Å²) in [5.74, 6) is 0.477. The van der Waals surface area contributed by atoms with Crippen LogP contribution in [0.25, 0.3) is 11.4 Å². The van der Waals surface area contributed by atoms with Gasteiger partial charge in [0.05, 0.1) is 0 Å². The van der Waals surface area contributed by atoms with Gasteiger partial charge in [0, 0.05) is 10.0 Å². The van der Waals surface area contributed by atoms with E-state index in [1.807, 2.05) is 24.3 Å². The molecule has 124 valence electrons. The van der Waals surface area contributed by atoms with Crippen molar-refractivity contribution < 1.29 is 14.1 Å². The SMILES string of the molecule is O=C1NC2(CCCC2)C(=O)N1Cc1nc(-c2cccc(Br)c2)no1. The molecule has 4 rings (SSSR count). The zero-order valence-electron chi connectivity index (χ0n) is 12.8. The highest BCUT2D eigenvalue weighted by molar-refractivity contribution is 9.10. The lowest BCUT2D eigenvalue weighted by Gasteiger charge is -2.19. The summed E-state index contributed by atoms with van der Waals surface area (Å²) in [5.41, 5.74) is 0.0772. The average Bonchev–Trinajstić information content (AvgIpc) is 3.26. The van der Waals surface area contributed by atoms with Crippen molar-refractivity contribution in [2.45, 2.75) is 37.8 Å². The fourth-order valence-corrected chi connectivity index (χ4v) is 3.74. The van der Waals surface area contributed by atoms with Gasteiger partial charge in [-0.2, -0.15) is 4.98 Å². The summed E-state index contributed by atoms with van der Waals surface area (Å²) in [6.07, 6.45) is 3.29. The van der Waals surface area contributed by atoms with E-state index in [1.54, 1.807) is 0 Å². The van der Waals surface area contributed by atoms with Crippen LogP contribution in [0.5, 0.6) is 0 Å². The number of imide groups is 1. The van der Waals surface area contributed by atoms with Crippen molar-refractivity contribution in [2.24, 2.45) is 0 Å². The molecule has 0 atom stereocenters. The van der Waals surface area contributed by atoms with E-state index in [0.717, 1.165) is 22.9 Å². The second-order valence-electron chi connectivity index (χ2n) is 6.13. The maximum Gasteiger partial charge on any atom is 0.325 e. The van der Waals surface area contributed by atoms with E-state index in [2.05, 4.69) is 31.4 Å². The Balaban J connectivity index is 1.54. The van der Waals surface area contributed by atoms with E-state index < -0.39 is 5.54 Å². The fraction of sp³-hybridized carbons (Fsp3) is 0.375. The number of hydrogen-bond acceptors (Lipinski definition) is 5. The molecule has 0 unspecified atom stereocenters. The van der Waals surface area contributed by atoms with Crippen LogP contribution < -0.4 is 5.32 Å². The van der Waals surface area contributed by atoms with E-state index in [4.69, 9.17) is 4.52 Å². The van der Waals surface area contributed by atoms with Gasteiger partial charge in [0.2, 0.25) is 11.7 Å². The zero-order valence-corrected chi connectivity index (χ0v) is 14.4. The van der Waals surface area contributed by atoms with E-state index in [1.165, 1.54) is 4.90 Å². The molecule has 1 aliphatic heterocycles. The predicted octanol–water partition coefficient (Wildman–Crippen LogP) is 2.86. The number of carbonyl (C=O) groups excluding carboxylic acids is 2. The third-order valence-electron chi connectivity index (χ3n) is 4.55. The third kappa shape index (κ3) is 2.50. The minimum Gasteiger partial charge on any atom is -0.337 e. The van der Waals surface area contributed by atoms with E-state index in [9.17, 15) is 9.59 Å². The largest absolute Gasteiger partial charge is 0.337 e. The van der Waals surface area contributed by atoms with Crippen molar-refractivity contribution in [3.05, 3.63) is 34.6 Å². The lowest BCUT2D eigenvalue weighted by atomic mass is 9.98. The first kappa shape index (κ1) is 15.3. The monoisotopic (exact) mass is 390 g/mol. The molecular formula is C16H15BrN4O3. The quantitative estimate of drug-likeness (QED) is 0.813. The van der Waals surface area contributed by atoms with Crippen molar-refractivity contribution >= 4 is 27.9 Å². The van der Waals surface area contributed by atoms with Gasteiger partial charge in [0.1, 0.15) is 12.1 Å². The van der Waals surface area contributed by atoms with Gasteiger partial charge >= 0.3 is 6.03 Å².